The quantitative estimate of drug-likeness (QED) is 0.632. The molecule has 2 rings (SSSR count). The van der Waals surface area contributed by atoms with E-state index < -0.39 is 10.5 Å². The average Bonchev–Trinajstić information content (AvgIpc) is 2.40. The largest absolute Gasteiger partial charge is 0.394 e. The van der Waals surface area contributed by atoms with Crippen LogP contribution in [0, 0.1) is 10.1 Å². The molecule has 0 spiro atoms. The van der Waals surface area contributed by atoms with E-state index in [9.17, 15) is 15.2 Å². The van der Waals surface area contributed by atoms with Gasteiger partial charge in [-0.2, -0.15) is 0 Å². The van der Waals surface area contributed by atoms with Crippen LogP contribution in [0.25, 0.3) is 0 Å². The van der Waals surface area contributed by atoms with E-state index in [1.807, 2.05) is 0 Å². The number of aliphatic hydroxyl groups excluding tert-OH is 1. The Bertz CT molecular complexity index is 430. The van der Waals surface area contributed by atoms with Crippen LogP contribution in [-0.4, -0.2) is 27.2 Å². The van der Waals surface area contributed by atoms with Gasteiger partial charge in [-0.05, 0) is 18.9 Å². The fourth-order valence-corrected chi connectivity index (χ4v) is 2.47. The van der Waals surface area contributed by atoms with Crippen molar-refractivity contribution in [1.82, 2.24) is 4.98 Å². The molecule has 1 saturated carbocycles. The van der Waals surface area contributed by atoms with Gasteiger partial charge in [0.2, 0.25) is 0 Å². The second kappa shape index (κ2) is 5.30. The molecule has 98 valence electrons. The van der Waals surface area contributed by atoms with E-state index in [2.05, 4.69) is 10.3 Å². The third kappa shape index (κ3) is 2.59. The summed E-state index contributed by atoms with van der Waals surface area (Å²) in [6, 6.07) is 1.59. The summed E-state index contributed by atoms with van der Waals surface area (Å²) in [5.74, 6) is 0. The molecule has 6 nitrogen and oxygen atoms in total. The summed E-state index contributed by atoms with van der Waals surface area (Å²) in [5.41, 5.74) is -0.0356. The zero-order valence-corrected chi connectivity index (χ0v) is 10.1. The van der Waals surface area contributed by atoms with Crippen molar-refractivity contribution in [3.05, 3.63) is 28.6 Å². The Balaban J connectivity index is 2.24. The lowest BCUT2D eigenvalue weighted by atomic mass is 9.82. The Hall–Kier alpha value is -1.69. The molecule has 1 aromatic heterocycles. The molecule has 0 saturated heterocycles. The van der Waals surface area contributed by atoms with Gasteiger partial charge >= 0.3 is 5.69 Å². The predicted molar refractivity (Wildman–Crippen MR) is 67.4 cm³/mol. The van der Waals surface area contributed by atoms with E-state index in [4.69, 9.17) is 0 Å². The lowest BCUT2D eigenvalue weighted by Crippen LogP contribution is -2.44. The predicted octanol–water partition coefficient (Wildman–Crippen LogP) is 2.10. The standard InChI is InChI=1S/C12H17N3O3/c16-9-12(5-2-1-3-6-12)14-10-4-7-13-8-11(10)15(17)18/h4,7-8,16H,1-3,5-6,9H2,(H,13,14). The van der Waals surface area contributed by atoms with Crippen molar-refractivity contribution in [3.8, 4) is 0 Å². The lowest BCUT2D eigenvalue weighted by Gasteiger charge is -2.37. The zero-order valence-electron chi connectivity index (χ0n) is 10.1. The van der Waals surface area contributed by atoms with E-state index in [0.717, 1.165) is 32.1 Å². The van der Waals surface area contributed by atoms with E-state index in [1.165, 1.54) is 12.4 Å². The smallest absolute Gasteiger partial charge is 0.310 e. The molecular weight excluding hydrogens is 234 g/mol. The van der Waals surface area contributed by atoms with Crippen LogP contribution in [0.1, 0.15) is 32.1 Å². The molecular formula is C12H17N3O3. The third-order valence-electron chi connectivity index (χ3n) is 3.51. The number of aliphatic hydroxyl groups is 1. The van der Waals surface area contributed by atoms with Crippen molar-refractivity contribution in [2.75, 3.05) is 11.9 Å². The van der Waals surface area contributed by atoms with Crippen LogP contribution in [0.2, 0.25) is 0 Å². The summed E-state index contributed by atoms with van der Waals surface area (Å²) in [6.07, 6.45) is 7.65. The van der Waals surface area contributed by atoms with E-state index in [0.29, 0.717) is 5.69 Å². The first-order chi connectivity index (χ1) is 8.67. The monoisotopic (exact) mass is 251 g/mol. The molecule has 0 atom stereocenters. The molecule has 0 amide bonds. The number of hydrogen-bond acceptors (Lipinski definition) is 5. The van der Waals surface area contributed by atoms with Gasteiger partial charge in [-0.3, -0.25) is 15.1 Å². The first-order valence-corrected chi connectivity index (χ1v) is 6.14. The minimum Gasteiger partial charge on any atom is -0.394 e. The maximum absolute atomic E-state index is 10.9. The third-order valence-corrected chi connectivity index (χ3v) is 3.51. The highest BCUT2D eigenvalue weighted by molar-refractivity contribution is 5.61. The number of nitrogens with zero attached hydrogens (tertiary/aromatic N) is 2. The van der Waals surface area contributed by atoms with Gasteiger partial charge in [-0.1, -0.05) is 19.3 Å². The Morgan fingerprint density at radius 3 is 2.78 bits per heavy atom. The number of rotatable bonds is 4. The number of pyridine rings is 1. The van der Waals surface area contributed by atoms with Gasteiger partial charge in [0.05, 0.1) is 17.1 Å². The maximum atomic E-state index is 10.9. The van der Waals surface area contributed by atoms with Crippen molar-refractivity contribution in [3.63, 3.8) is 0 Å². The van der Waals surface area contributed by atoms with Crippen molar-refractivity contribution >= 4 is 11.4 Å². The minimum absolute atomic E-state index is 0.00746. The molecule has 0 aromatic carbocycles. The SMILES string of the molecule is O=[N+]([O-])c1cnccc1NC1(CO)CCCCC1. The molecule has 0 radical (unpaired) electrons. The van der Waals surface area contributed by atoms with Gasteiger partial charge in [0.1, 0.15) is 11.9 Å². The van der Waals surface area contributed by atoms with Gasteiger partial charge in [0.25, 0.3) is 0 Å². The van der Waals surface area contributed by atoms with Crippen LogP contribution < -0.4 is 5.32 Å². The van der Waals surface area contributed by atoms with Crippen molar-refractivity contribution in [2.24, 2.45) is 0 Å². The van der Waals surface area contributed by atoms with Gasteiger partial charge in [0, 0.05) is 6.20 Å². The molecule has 1 fully saturated rings. The van der Waals surface area contributed by atoms with Gasteiger partial charge in [-0.15, -0.1) is 0 Å². The number of nitrogens with one attached hydrogen (secondary N) is 1. The van der Waals surface area contributed by atoms with Crippen LogP contribution in [0.5, 0.6) is 0 Å². The minimum atomic E-state index is -0.455. The molecule has 0 bridgehead atoms. The van der Waals surface area contributed by atoms with Crippen LogP contribution in [0.15, 0.2) is 18.5 Å². The molecule has 18 heavy (non-hydrogen) atoms. The number of aromatic nitrogens is 1. The molecule has 6 heteroatoms. The highest BCUT2D eigenvalue weighted by Gasteiger charge is 2.32. The van der Waals surface area contributed by atoms with E-state index in [-0.39, 0.29) is 12.3 Å². The van der Waals surface area contributed by atoms with Gasteiger partial charge in [0.15, 0.2) is 0 Å². The van der Waals surface area contributed by atoms with Gasteiger partial charge in [-0.25, -0.2) is 0 Å². The maximum Gasteiger partial charge on any atom is 0.310 e. The van der Waals surface area contributed by atoms with Crippen LogP contribution >= 0.6 is 0 Å². The van der Waals surface area contributed by atoms with Gasteiger partial charge < -0.3 is 10.4 Å². The summed E-state index contributed by atoms with van der Waals surface area (Å²) in [4.78, 5) is 14.2. The van der Waals surface area contributed by atoms with Crippen LogP contribution in [0.3, 0.4) is 0 Å². The summed E-state index contributed by atoms with van der Waals surface area (Å²) in [7, 11) is 0. The highest BCUT2D eigenvalue weighted by Crippen LogP contribution is 2.34. The fraction of sp³-hybridized carbons (Fsp3) is 0.583. The summed E-state index contributed by atoms with van der Waals surface area (Å²) >= 11 is 0. The second-order valence-electron chi connectivity index (χ2n) is 4.77. The molecule has 1 heterocycles. The highest BCUT2D eigenvalue weighted by atomic mass is 16.6. The molecule has 0 aliphatic heterocycles. The topological polar surface area (TPSA) is 88.3 Å². The van der Waals surface area contributed by atoms with Crippen LogP contribution in [-0.2, 0) is 0 Å². The van der Waals surface area contributed by atoms with Crippen molar-refractivity contribution in [2.45, 2.75) is 37.6 Å². The molecule has 2 N–H and O–H groups in total. The molecule has 1 aromatic rings. The molecule has 1 aliphatic carbocycles. The normalized spacial score (nSPS) is 18.3. The fourth-order valence-electron chi connectivity index (χ4n) is 2.47. The van der Waals surface area contributed by atoms with Crippen molar-refractivity contribution in [1.29, 1.82) is 0 Å². The zero-order chi connectivity index (χ0) is 13.0. The number of anilines is 1. The Morgan fingerprint density at radius 1 is 1.44 bits per heavy atom. The van der Waals surface area contributed by atoms with Crippen LogP contribution in [0.4, 0.5) is 11.4 Å². The first kappa shape index (κ1) is 12.8. The van der Waals surface area contributed by atoms with Crippen molar-refractivity contribution < 1.29 is 10.0 Å². The summed E-state index contributed by atoms with van der Waals surface area (Å²) < 4.78 is 0. The lowest BCUT2D eigenvalue weighted by molar-refractivity contribution is -0.384. The Labute approximate surface area is 105 Å². The van der Waals surface area contributed by atoms with E-state index >= 15 is 0 Å². The number of nitro groups is 1. The summed E-state index contributed by atoms with van der Waals surface area (Å²) in [5, 5.41) is 23.7. The average molecular weight is 251 g/mol. The molecule has 0 unspecified atom stereocenters. The molecule has 1 aliphatic rings. The first-order valence-electron chi connectivity index (χ1n) is 6.14. The Kier molecular flexibility index (Phi) is 3.76. The summed E-state index contributed by atoms with van der Waals surface area (Å²) in [6.45, 7) is -0.00746. The Morgan fingerprint density at radius 2 is 2.17 bits per heavy atom. The van der Waals surface area contributed by atoms with E-state index in [1.54, 1.807) is 6.07 Å². The second-order valence-corrected chi connectivity index (χ2v) is 4.77. The number of hydrogen-bond donors (Lipinski definition) is 2.